The van der Waals surface area contributed by atoms with Crippen LogP contribution in [0.2, 0.25) is 0 Å². The van der Waals surface area contributed by atoms with Crippen LogP contribution in [0.4, 0.5) is 0 Å². The second kappa shape index (κ2) is 3.06. The summed E-state index contributed by atoms with van der Waals surface area (Å²) in [5.74, 6) is 0. The lowest BCUT2D eigenvalue weighted by Gasteiger charge is -1.97. The fraction of sp³-hybridized carbons (Fsp3) is 0. The van der Waals surface area contributed by atoms with Crippen molar-refractivity contribution in [1.82, 2.24) is 14.5 Å². The van der Waals surface area contributed by atoms with E-state index in [2.05, 4.69) is 25.9 Å². The van der Waals surface area contributed by atoms with E-state index in [1.54, 1.807) is 18.7 Å². The van der Waals surface area contributed by atoms with E-state index in [1.807, 2.05) is 22.9 Å². The number of hydrogen-bond donors (Lipinski definition) is 0. The number of halogens is 1. The number of imidazole rings is 1. The van der Waals surface area contributed by atoms with E-state index in [-0.39, 0.29) is 0 Å². The van der Waals surface area contributed by atoms with E-state index in [1.165, 1.54) is 0 Å². The predicted molar refractivity (Wildman–Crippen MR) is 49.1 cm³/mol. The van der Waals surface area contributed by atoms with E-state index in [0.717, 1.165) is 10.3 Å². The molecule has 0 bridgehead atoms. The Labute approximate surface area is 78.2 Å². The van der Waals surface area contributed by atoms with Crippen LogP contribution in [0.3, 0.4) is 0 Å². The van der Waals surface area contributed by atoms with Crippen LogP contribution in [-0.4, -0.2) is 14.5 Å². The molecule has 0 saturated carbocycles. The number of aromatic nitrogens is 3. The summed E-state index contributed by atoms with van der Waals surface area (Å²) >= 11 is 3.28. The van der Waals surface area contributed by atoms with Crippen molar-refractivity contribution >= 4 is 15.9 Å². The highest BCUT2D eigenvalue weighted by molar-refractivity contribution is 9.10. The van der Waals surface area contributed by atoms with Gasteiger partial charge in [0.15, 0.2) is 0 Å². The molecule has 2 aromatic heterocycles. The summed E-state index contributed by atoms with van der Waals surface area (Å²) in [6.07, 6.45) is 7.15. The number of pyridine rings is 1. The van der Waals surface area contributed by atoms with Gasteiger partial charge in [-0.25, -0.2) is 4.98 Å². The summed E-state index contributed by atoms with van der Waals surface area (Å²) in [5.41, 5.74) is 1.01. The lowest BCUT2D eigenvalue weighted by molar-refractivity contribution is 1.04. The lowest BCUT2D eigenvalue weighted by Crippen LogP contribution is -1.89. The van der Waals surface area contributed by atoms with Gasteiger partial charge in [0.2, 0.25) is 0 Å². The first-order valence-corrected chi connectivity index (χ1v) is 4.25. The molecule has 2 aromatic rings. The summed E-state index contributed by atoms with van der Waals surface area (Å²) in [6, 6.07) is 3.87. The summed E-state index contributed by atoms with van der Waals surface area (Å²) in [4.78, 5) is 8.05. The molecule has 0 saturated heterocycles. The molecule has 12 heavy (non-hydrogen) atoms. The Balaban J connectivity index is 2.45. The average molecular weight is 224 g/mol. The zero-order valence-corrected chi connectivity index (χ0v) is 7.77. The molecule has 0 amide bonds. The van der Waals surface area contributed by atoms with Crippen molar-refractivity contribution in [2.75, 3.05) is 0 Å². The van der Waals surface area contributed by atoms with E-state index in [9.17, 15) is 0 Å². The monoisotopic (exact) mass is 223 g/mol. The van der Waals surface area contributed by atoms with Gasteiger partial charge in [-0.2, -0.15) is 0 Å². The maximum Gasteiger partial charge on any atom is 0.124 e. The zero-order chi connectivity index (χ0) is 8.39. The summed E-state index contributed by atoms with van der Waals surface area (Å²) in [5, 5.41) is 0. The van der Waals surface area contributed by atoms with Crippen molar-refractivity contribution < 1.29 is 0 Å². The van der Waals surface area contributed by atoms with Crippen molar-refractivity contribution in [3.05, 3.63) is 41.7 Å². The van der Waals surface area contributed by atoms with Crippen LogP contribution in [0.1, 0.15) is 0 Å². The summed E-state index contributed by atoms with van der Waals surface area (Å²) < 4.78 is 2.73. The molecule has 0 N–H and O–H groups in total. The van der Waals surface area contributed by atoms with Crippen LogP contribution in [-0.2, 0) is 0 Å². The maximum atomic E-state index is 4.04. The molecule has 0 atom stereocenters. The van der Waals surface area contributed by atoms with E-state index < -0.39 is 0 Å². The van der Waals surface area contributed by atoms with Gasteiger partial charge in [0.1, 0.15) is 10.9 Å². The Kier molecular flexibility index (Phi) is 1.91. The van der Waals surface area contributed by atoms with Crippen molar-refractivity contribution in [3.63, 3.8) is 0 Å². The molecule has 0 aliphatic heterocycles. The van der Waals surface area contributed by atoms with Crippen molar-refractivity contribution in [1.29, 1.82) is 0 Å². The molecule has 2 rings (SSSR count). The van der Waals surface area contributed by atoms with Crippen molar-refractivity contribution in [2.24, 2.45) is 0 Å². The highest BCUT2D eigenvalue weighted by atomic mass is 79.9. The minimum absolute atomic E-state index is 0.825. The lowest BCUT2D eigenvalue weighted by atomic mass is 10.4. The van der Waals surface area contributed by atoms with Gasteiger partial charge in [0.25, 0.3) is 0 Å². The van der Waals surface area contributed by atoms with E-state index in [0.29, 0.717) is 0 Å². The molecule has 0 aliphatic carbocycles. The zero-order valence-electron chi connectivity index (χ0n) is 6.18. The van der Waals surface area contributed by atoms with Crippen LogP contribution in [0, 0.1) is 0 Å². The number of nitrogens with zero attached hydrogens (tertiary/aromatic N) is 3. The van der Waals surface area contributed by atoms with E-state index >= 15 is 0 Å². The van der Waals surface area contributed by atoms with Gasteiger partial charge in [0.05, 0.1) is 11.9 Å². The topological polar surface area (TPSA) is 30.7 Å². The van der Waals surface area contributed by atoms with Gasteiger partial charge in [-0.1, -0.05) is 0 Å². The molecule has 0 radical (unpaired) electrons. The highest BCUT2D eigenvalue weighted by Crippen LogP contribution is 2.09. The molecule has 60 valence electrons. The third kappa shape index (κ3) is 1.38. The molecule has 4 heteroatoms. The van der Waals surface area contributed by atoms with Gasteiger partial charge in [-0.15, -0.1) is 0 Å². The fourth-order valence-electron chi connectivity index (χ4n) is 0.946. The minimum Gasteiger partial charge on any atom is -0.304 e. The second-order valence-corrected chi connectivity index (χ2v) is 3.13. The molecule has 0 aromatic carbocycles. The highest BCUT2D eigenvalue weighted by Gasteiger charge is 1.95. The van der Waals surface area contributed by atoms with Crippen LogP contribution in [0.25, 0.3) is 5.69 Å². The normalized spacial score (nSPS) is 10.1. The smallest absolute Gasteiger partial charge is 0.124 e. The first kappa shape index (κ1) is 7.49. The van der Waals surface area contributed by atoms with Crippen LogP contribution >= 0.6 is 15.9 Å². The number of hydrogen-bond acceptors (Lipinski definition) is 2. The van der Waals surface area contributed by atoms with Gasteiger partial charge >= 0.3 is 0 Å². The van der Waals surface area contributed by atoms with E-state index in [4.69, 9.17) is 0 Å². The van der Waals surface area contributed by atoms with Crippen LogP contribution in [0.15, 0.2) is 41.7 Å². The summed E-state index contributed by atoms with van der Waals surface area (Å²) in [6.45, 7) is 0. The molecule has 0 fully saturated rings. The Morgan fingerprint density at radius 2 is 2.33 bits per heavy atom. The first-order valence-electron chi connectivity index (χ1n) is 3.46. The molecule has 3 nitrogen and oxygen atoms in total. The quantitative estimate of drug-likeness (QED) is 0.741. The Morgan fingerprint density at radius 1 is 1.42 bits per heavy atom. The molecular formula is C8H6BrN3. The SMILES string of the molecule is Brc1cn(-c2cccnc2)cn1. The van der Waals surface area contributed by atoms with Gasteiger partial charge in [-0.05, 0) is 28.1 Å². The molecular weight excluding hydrogens is 218 g/mol. The second-order valence-electron chi connectivity index (χ2n) is 2.31. The summed E-state index contributed by atoms with van der Waals surface area (Å²) in [7, 11) is 0. The fourth-order valence-corrected chi connectivity index (χ4v) is 1.26. The van der Waals surface area contributed by atoms with Gasteiger partial charge in [0, 0.05) is 12.4 Å². The Morgan fingerprint density at radius 3 is 2.92 bits per heavy atom. The average Bonchev–Trinajstić information content (AvgIpc) is 2.54. The largest absolute Gasteiger partial charge is 0.304 e. The third-order valence-electron chi connectivity index (χ3n) is 1.50. The Bertz CT molecular complexity index is 369. The van der Waals surface area contributed by atoms with Gasteiger partial charge in [-0.3, -0.25) is 4.98 Å². The number of rotatable bonds is 1. The van der Waals surface area contributed by atoms with Gasteiger partial charge < -0.3 is 4.57 Å². The van der Waals surface area contributed by atoms with Crippen molar-refractivity contribution in [3.8, 4) is 5.69 Å². The third-order valence-corrected chi connectivity index (χ3v) is 1.90. The van der Waals surface area contributed by atoms with Crippen molar-refractivity contribution in [2.45, 2.75) is 0 Å². The minimum atomic E-state index is 0.825. The maximum absolute atomic E-state index is 4.04. The molecule has 0 spiro atoms. The first-order chi connectivity index (χ1) is 5.86. The molecule has 0 aliphatic rings. The van der Waals surface area contributed by atoms with Crippen LogP contribution < -0.4 is 0 Å². The van der Waals surface area contributed by atoms with Crippen LogP contribution in [0.5, 0.6) is 0 Å². The molecule has 0 unspecified atom stereocenters. The molecule has 2 heterocycles. The predicted octanol–water partition coefficient (Wildman–Crippen LogP) is 2.03. The Hall–Kier alpha value is -1.16. The standard InChI is InChI=1S/C8H6BrN3/c9-8-5-12(6-11-8)7-2-1-3-10-4-7/h1-6H.